The highest BCUT2D eigenvalue weighted by Crippen LogP contribution is 2.34. The van der Waals surface area contributed by atoms with Crippen LogP contribution < -0.4 is 0 Å². The van der Waals surface area contributed by atoms with Gasteiger partial charge >= 0.3 is 5.97 Å². The number of Topliss-reactive ketones (excluding diaryl/α,β-unsaturated/α-hetero) is 1. The Morgan fingerprint density at radius 1 is 1.50 bits per heavy atom. The normalized spacial score (nSPS) is 19.5. The van der Waals surface area contributed by atoms with Crippen LogP contribution in [0.25, 0.3) is 0 Å². The van der Waals surface area contributed by atoms with Crippen molar-refractivity contribution >= 4 is 11.8 Å². The molecule has 1 aliphatic carbocycles. The number of aromatic carboxylic acids is 1. The summed E-state index contributed by atoms with van der Waals surface area (Å²) >= 11 is 0. The molecular formula is C11H10O3. The van der Waals surface area contributed by atoms with Gasteiger partial charge in [-0.15, -0.1) is 0 Å². The molecule has 1 N–H and O–H groups in total. The topological polar surface area (TPSA) is 54.4 Å². The van der Waals surface area contributed by atoms with Crippen molar-refractivity contribution in [1.29, 1.82) is 0 Å². The third-order valence-electron chi connectivity index (χ3n) is 2.63. The van der Waals surface area contributed by atoms with E-state index < -0.39 is 5.97 Å². The van der Waals surface area contributed by atoms with Crippen LogP contribution in [0, 0.1) is 0 Å². The van der Waals surface area contributed by atoms with Crippen LogP contribution in [-0.4, -0.2) is 16.9 Å². The van der Waals surface area contributed by atoms with E-state index in [1.54, 1.807) is 6.07 Å². The van der Waals surface area contributed by atoms with Crippen molar-refractivity contribution < 1.29 is 14.7 Å². The van der Waals surface area contributed by atoms with Gasteiger partial charge in [0, 0.05) is 12.0 Å². The highest BCUT2D eigenvalue weighted by Gasteiger charge is 2.30. The number of carboxylic acid groups (broad SMARTS) is 1. The summed E-state index contributed by atoms with van der Waals surface area (Å²) in [7, 11) is 0. The van der Waals surface area contributed by atoms with Gasteiger partial charge in [0.2, 0.25) is 0 Å². The summed E-state index contributed by atoms with van der Waals surface area (Å²) in [4.78, 5) is 22.4. The molecule has 3 heteroatoms. The Labute approximate surface area is 81.4 Å². The second kappa shape index (κ2) is 2.94. The molecule has 0 bridgehead atoms. The second-order valence-electron chi connectivity index (χ2n) is 3.60. The Bertz CT molecular complexity index is 421. The monoisotopic (exact) mass is 190 g/mol. The molecule has 72 valence electrons. The predicted octanol–water partition coefficient (Wildman–Crippen LogP) is 2.07. The van der Waals surface area contributed by atoms with Crippen LogP contribution in [0.15, 0.2) is 18.2 Å². The van der Waals surface area contributed by atoms with Crippen molar-refractivity contribution in [2.75, 3.05) is 0 Å². The maximum absolute atomic E-state index is 11.5. The number of carbonyl (C=O) groups is 2. The van der Waals surface area contributed by atoms with E-state index in [1.165, 1.54) is 6.07 Å². The summed E-state index contributed by atoms with van der Waals surface area (Å²) in [6.45, 7) is 1.94. The lowest BCUT2D eigenvalue weighted by molar-refractivity contribution is 0.0692. The first-order valence-corrected chi connectivity index (χ1v) is 4.50. The van der Waals surface area contributed by atoms with Crippen molar-refractivity contribution in [3.8, 4) is 0 Å². The van der Waals surface area contributed by atoms with Gasteiger partial charge in [0.25, 0.3) is 0 Å². The van der Waals surface area contributed by atoms with Crippen molar-refractivity contribution in [1.82, 2.24) is 0 Å². The predicted molar refractivity (Wildman–Crippen MR) is 50.8 cm³/mol. The highest BCUT2D eigenvalue weighted by atomic mass is 16.4. The number of carbonyl (C=O) groups excluding carboxylic acids is 1. The van der Waals surface area contributed by atoms with Gasteiger partial charge in [0.15, 0.2) is 5.78 Å². The van der Waals surface area contributed by atoms with Gasteiger partial charge in [-0.2, -0.15) is 0 Å². The summed E-state index contributed by atoms with van der Waals surface area (Å²) in [5.74, 6) is -0.924. The van der Waals surface area contributed by atoms with Crippen LogP contribution in [0.3, 0.4) is 0 Å². The molecule has 0 amide bonds. The molecule has 0 aromatic heterocycles. The zero-order valence-corrected chi connectivity index (χ0v) is 7.78. The minimum atomic E-state index is -1.02. The van der Waals surface area contributed by atoms with Gasteiger partial charge in [-0.05, 0) is 17.5 Å². The van der Waals surface area contributed by atoms with E-state index in [-0.39, 0.29) is 17.3 Å². The van der Waals surface area contributed by atoms with Crippen molar-refractivity contribution in [2.45, 2.75) is 19.3 Å². The van der Waals surface area contributed by atoms with Crippen LogP contribution in [0.1, 0.15) is 45.5 Å². The fourth-order valence-corrected chi connectivity index (χ4v) is 1.96. The first-order chi connectivity index (χ1) is 6.61. The largest absolute Gasteiger partial charge is 0.478 e. The highest BCUT2D eigenvalue weighted by molar-refractivity contribution is 6.09. The van der Waals surface area contributed by atoms with Crippen molar-refractivity contribution in [2.24, 2.45) is 0 Å². The third-order valence-corrected chi connectivity index (χ3v) is 2.63. The number of fused-ring (bicyclic) bond motifs is 1. The van der Waals surface area contributed by atoms with Crippen molar-refractivity contribution in [3.05, 3.63) is 34.9 Å². The Balaban J connectivity index is 2.68. The molecule has 14 heavy (non-hydrogen) atoms. The summed E-state index contributed by atoms with van der Waals surface area (Å²) in [6.07, 6.45) is 0.430. The molecule has 0 saturated carbocycles. The molecule has 0 aliphatic heterocycles. The SMILES string of the molecule is C[C@@H]1CC(=O)c2c(C(=O)O)cccc21. The summed E-state index contributed by atoms with van der Waals surface area (Å²) in [5.41, 5.74) is 1.42. The Morgan fingerprint density at radius 3 is 2.86 bits per heavy atom. The molecule has 3 nitrogen and oxygen atoms in total. The van der Waals surface area contributed by atoms with Gasteiger partial charge in [-0.3, -0.25) is 4.79 Å². The van der Waals surface area contributed by atoms with Crippen LogP contribution in [0.5, 0.6) is 0 Å². The molecule has 0 saturated heterocycles. The maximum Gasteiger partial charge on any atom is 0.336 e. The smallest absolute Gasteiger partial charge is 0.336 e. The maximum atomic E-state index is 11.5. The second-order valence-corrected chi connectivity index (χ2v) is 3.60. The van der Waals surface area contributed by atoms with E-state index in [9.17, 15) is 9.59 Å². The molecule has 2 rings (SSSR count). The summed E-state index contributed by atoms with van der Waals surface area (Å²) in [6, 6.07) is 5.01. The van der Waals surface area contributed by atoms with E-state index in [0.29, 0.717) is 12.0 Å². The van der Waals surface area contributed by atoms with E-state index >= 15 is 0 Å². The molecular weight excluding hydrogens is 180 g/mol. The van der Waals surface area contributed by atoms with Crippen molar-refractivity contribution in [3.63, 3.8) is 0 Å². The van der Waals surface area contributed by atoms with Crippen LogP contribution in [0.2, 0.25) is 0 Å². The first-order valence-electron chi connectivity index (χ1n) is 4.50. The lowest BCUT2D eigenvalue weighted by atomic mass is 10.00. The Hall–Kier alpha value is -1.64. The van der Waals surface area contributed by atoms with Gasteiger partial charge in [0.1, 0.15) is 0 Å². The van der Waals surface area contributed by atoms with E-state index in [1.807, 2.05) is 13.0 Å². The standard InChI is InChI=1S/C11H10O3/c1-6-5-9(12)10-7(6)3-2-4-8(10)11(13)14/h2-4,6H,5H2,1H3,(H,13,14)/t6-/m1/s1. The minimum absolute atomic E-state index is 0.0505. The number of ketones is 1. The Morgan fingerprint density at radius 2 is 2.21 bits per heavy atom. The fourth-order valence-electron chi connectivity index (χ4n) is 1.96. The molecule has 0 heterocycles. The van der Waals surface area contributed by atoms with Gasteiger partial charge in [-0.25, -0.2) is 4.79 Å². The number of benzene rings is 1. The number of rotatable bonds is 1. The van der Waals surface area contributed by atoms with Crippen LogP contribution in [-0.2, 0) is 0 Å². The Kier molecular flexibility index (Phi) is 1.88. The lowest BCUT2D eigenvalue weighted by Gasteiger charge is -2.04. The molecule has 0 radical (unpaired) electrons. The molecule has 1 atom stereocenters. The number of carboxylic acids is 1. The molecule has 0 fully saturated rings. The van der Waals surface area contributed by atoms with Gasteiger partial charge in [-0.1, -0.05) is 19.1 Å². The average Bonchev–Trinajstić information content (AvgIpc) is 2.43. The van der Waals surface area contributed by atoms with Gasteiger partial charge < -0.3 is 5.11 Å². The average molecular weight is 190 g/mol. The van der Waals surface area contributed by atoms with Crippen LogP contribution in [0.4, 0.5) is 0 Å². The molecule has 1 aromatic carbocycles. The van der Waals surface area contributed by atoms with E-state index in [4.69, 9.17) is 5.11 Å². The van der Waals surface area contributed by atoms with E-state index in [0.717, 1.165) is 5.56 Å². The van der Waals surface area contributed by atoms with Gasteiger partial charge in [0.05, 0.1) is 5.56 Å². The zero-order chi connectivity index (χ0) is 10.3. The number of hydrogen-bond acceptors (Lipinski definition) is 2. The molecule has 1 aliphatic rings. The lowest BCUT2D eigenvalue weighted by Crippen LogP contribution is -2.05. The van der Waals surface area contributed by atoms with E-state index in [2.05, 4.69) is 0 Å². The quantitative estimate of drug-likeness (QED) is 0.737. The molecule has 0 unspecified atom stereocenters. The summed E-state index contributed by atoms with van der Waals surface area (Å²) < 4.78 is 0. The molecule has 0 spiro atoms. The zero-order valence-electron chi connectivity index (χ0n) is 7.78. The van der Waals surface area contributed by atoms with Crippen LogP contribution >= 0.6 is 0 Å². The molecule has 1 aromatic rings. The number of hydrogen-bond donors (Lipinski definition) is 1. The first kappa shape index (κ1) is 8.94. The fraction of sp³-hybridized carbons (Fsp3) is 0.273. The third kappa shape index (κ3) is 1.13. The minimum Gasteiger partial charge on any atom is -0.478 e. The summed E-state index contributed by atoms with van der Waals surface area (Å²) in [5, 5.41) is 8.90.